The standard InChI is InChI=1S/C23H19ClN4O2S/c1-15(29)26-19-7-9-20(10-8-19)27-22(30)12-13-31-23-17(14-25)4-11-21(28-23)16-2-5-18(24)6-3-16/h2-11H,12-13H2,1H3,(H,26,29)(H,27,30). The highest BCUT2D eigenvalue weighted by molar-refractivity contribution is 7.99. The molecule has 0 saturated heterocycles. The first-order chi connectivity index (χ1) is 14.9. The molecule has 0 aliphatic carbocycles. The van der Waals surface area contributed by atoms with Gasteiger partial charge in [-0.1, -0.05) is 23.7 Å². The molecule has 2 amide bonds. The molecule has 0 aliphatic heterocycles. The summed E-state index contributed by atoms with van der Waals surface area (Å²) in [5.41, 5.74) is 3.41. The minimum absolute atomic E-state index is 0.146. The third-order valence-electron chi connectivity index (χ3n) is 4.18. The molecule has 0 atom stereocenters. The van der Waals surface area contributed by atoms with Gasteiger partial charge in [-0.3, -0.25) is 9.59 Å². The second-order valence-electron chi connectivity index (χ2n) is 6.57. The van der Waals surface area contributed by atoms with E-state index < -0.39 is 0 Å². The number of hydrogen-bond donors (Lipinski definition) is 2. The average molecular weight is 451 g/mol. The molecule has 0 fully saturated rings. The number of aromatic nitrogens is 1. The molecule has 0 radical (unpaired) electrons. The SMILES string of the molecule is CC(=O)Nc1ccc(NC(=O)CCSc2nc(-c3ccc(Cl)cc3)ccc2C#N)cc1. The summed E-state index contributed by atoms with van der Waals surface area (Å²) in [7, 11) is 0. The Labute approximate surface area is 189 Å². The summed E-state index contributed by atoms with van der Waals surface area (Å²) >= 11 is 7.30. The lowest BCUT2D eigenvalue weighted by molar-refractivity contribution is -0.116. The smallest absolute Gasteiger partial charge is 0.225 e. The fraction of sp³-hybridized carbons (Fsp3) is 0.130. The van der Waals surface area contributed by atoms with Crippen LogP contribution in [0.1, 0.15) is 18.9 Å². The normalized spacial score (nSPS) is 10.2. The van der Waals surface area contributed by atoms with Crippen LogP contribution in [-0.4, -0.2) is 22.6 Å². The van der Waals surface area contributed by atoms with Crippen molar-refractivity contribution in [3.05, 3.63) is 71.2 Å². The van der Waals surface area contributed by atoms with Crippen molar-refractivity contribution in [2.75, 3.05) is 16.4 Å². The number of nitrogens with zero attached hydrogens (tertiary/aromatic N) is 2. The molecule has 1 aromatic heterocycles. The molecule has 6 nitrogen and oxygen atoms in total. The molecule has 2 aromatic carbocycles. The molecule has 3 aromatic rings. The van der Waals surface area contributed by atoms with E-state index in [-0.39, 0.29) is 18.2 Å². The van der Waals surface area contributed by atoms with E-state index in [1.54, 1.807) is 48.5 Å². The lowest BCUT2D eigenvalue weighted by Crippen LogP contribution is -2.12. The Hall–Kier alpha value is -3.34. The number of pyridine rings is 1. The summed E-state index contributed by atoms with van der Waals surface area (Å²) in [6.45, 7) is 1.44. The van der Waals surface area contributed by atoms with Crippen molar-refractivity contribution in [1.82, 2.24) is 4.98 Å². The van der Waals surface area contributed by atoms with Gasteiger partial charge < -0.3 is 10.6 Å². The number of anilines is 2. The molecule has 156 valence electrons. The van der Waals surface area contributed by atoms with Crippen LogP contribution >= 0.6 is 23.4 Å². The van der Waals surface area contributed by atoms with Gasteiger partial charge in [0.25, 0.3) is 0 Å². The molecule has 8 heteroatoms. The summed E-state index contributed by atoms with van der Waals surface area (Å²) < 4.78 is 0. The van der Waals surface area contributed by atoms with Crippen molar-refractivity contribution >= 4 is 46.6 Å². The zero-order valence-electron chi connectivity index (χ0n) is 16.7. The highest BCUT2D eigenvalue weighted by Crippen LogP contribution is 2.26. The third kappa shape index (κ3) is 6.57. The average Bonchev–Trinajstić information content (AvgIpc) is 2.75. The quantitative estimate of drug-likeness (QED) is 0.473. The zero-order chi connectivity index (χ0) is 22.2. The molecule has 31 heavy (non-hydrogen) atoms. The number of thioether (sulfide) groups is 1. The van der Waals surface area contributed by atoms with E-state index in [4.69, 9.17) is 11.6 Å². The Kier molecular flexibility index (Phi) is 7.65. The number of rotatable bonds is 7. The number of nitrogens with one attached hydrogen (secondary N) is 2. The maximum absolute atomic E-state index is 12.2. The van der Waals surface area contributed by atoms with E-state index in [0.29, 0.717) is 32.7 Å². The molecular weight excluding hydrogens is 432 g/mol. The van der Waals surface area contributed by atoms with E-state index >= 15 is 0 Å². The Morgan fingerprint density at radius 1 is 1.00 bits per heavy atom. The zero-order valence-corrected chi connectivity index (χ0v) is 18.3. The van der Waals surface area contributed by atoms with E-state index in [1.807, 2.05) is 12.1 Å². The van der Waals surface area contributed by atoms with Crippen molar-refractivity contribution in [2.45, 2.75) is 18.4 Å². The molecule has 0 spiro atoms. The van der Waals surface area contributed by atoms with Gasteiger partial charge in [-0.25, -0.2) is 4.98 Å². The molecule has 0 saturated carbocycles. The van der Waals surface area contributed by atoms with Crippen LogP contribution in [-0.2, 0) is 9.59 Å². The fourth-order valence-corrected chi connectivity index (χ4v) is 3.76. The van der Waals surface area contributed by atoms with E-state index in [9.17, 15) is 14.9 Å². The lowest BCUT2D eigenvalue weighted by atomic mass is 10.1. The molecule has 0 bridgehead atoms. The number of benzene rings is 2. The summed E-state index contributed by atoms with van der Waals surface area (Å²) in [5.74, 6) is 0.174. The molecular formula is C23H19ClN4O2S. The van der Waals surface area contributed by atoms with Gasteiger partial charge in [0.2, 0.25) is 11.8 Å². The Morgan fingerprint density at radius 2 is 1.65 bits per heavy atom. The van der Waals surface area contributed by atoms with Gasteiger partial charge >= 0.3 is 0 Å². The van der Waals surface area contributed by atoms with Gasteiger partial charge in [0.15, 0.2) is 0 Å². The van der Waals surface area contributed by atoms with Crippen molar-refractivity contribution in [3.63, 3.8) is 0 Å². The maximum atomic E-state index is 12.2. The second-order valence-corrected chi connectivity index (χ2v) is 8.09. The highest BCUT2D eigenvalue weighted by atomic mass is 35.5. The van der Waals surface area contributed by atoms with Crippen molar-refractivity contribution in [3.8, 4) is 17.3 Å². The van der Waals surface area contributed by atoms with Gasteiger partial charge in [-0.05, 0) is 48.5 Å². The number of halogens is 1. The lowest BCUT2D eigenvalue weighted by Gasteiger charge is -2.08. The molecule has 0 unspecified atom stereocenters. The van der Waals surface area contributed by atoms with E-state index in [0.717, 1.165) is 11.3 Å². The third-order valence-corrected chi connectivity index (χ3v) is 5.42. The molecule has 2 N–H and O–H groups in total. The first kappa shape index (κ1) is 22.3. The summed E-state index contributed by atoms with van der Waals surface area (Å²) in [6, 6.07) is 19.9. The van der Waals surface area contributed by atoms with Crippen molar-refractivity contribution in [1.29, 1.82) is 5.26 Å². The topological polar surface area (TPSA) is 94.9 Å². The number of hydrogen-bond acceptors (Lipinski definition) is 5. The Morgan fingerprint density at radius 3 is 2.26 bits per heavy atom. The van der Waals surface area contributed by atoms with Gasteiger partial charge in [0, 0.05) is 41.1 Å². The van der Waals surface area contributed by atoms with Crippen LogP contribution in [0, 0.1) is 11.3 Å². The highest BCUT2D eigenvalue weighted by Gasteiger charge is 2.10. The molecule has 1 heterocycles. The van der Waals surface area contributed by atoms with Crippen LogP contribution in [0.5, 0.6) is 0 Å². The van der Waals surface area contributed by atoms with E-state index in [2.05, 4.69) is 21.7 Å². The van der Waals surface area contributed by atoms with Crippen LogP contribution in [0.2, 0.25) is 5.02 Å². The minimum Gasteiger partial charge on any atom is -0.326 e. The van der Waals surface area contributed by atoms with Crippen LogP contribution in [0.25, 0.3) is 11.3 Å². The number of nitriles is 1. The summed E-state index contributed by atoms with van der Waals surface area (Å²) in [5, 5.41) is 16.1. The van der Waals surface area contributed by atoms with Gasteiger partial charge in [-0.15, -0.1) is 11.8 Å². The molecule has 3 rings (SSSR count). The van der Waals surface area contributed by atoms with Crippen LogP contribution in [0.15, 0.2) is 65.7 Å². The summed E-state index contributed by atoms with van der Waals surface area (Å²) in [4.78, 5) is 27.9. The van der Waals surface area contributed by atoms with E-state index in [1.165, 1.54) is 18.7 Å². The van der Waals surface area contributed by atoms with Crippen LogP contribution in [0.3, 0.4) is 0 Å². The van der Waals surface area contributed by atoms with Gasteiger partial charge in [0.1, 0.15) is 11.1 Å². The maximum Gasteiger partial charge on any atom is 0.225 e. The predicted molar refractivity (Wildman–Crippen MR) is 124 cm³/mol. The summed E-state index contributed by atoms with van der Waals surface area (Å²) in [6.07, 6.45) is 0.260. The van der Waals surface area contributed by atoms with Crippen molar-refractivity contribution in [2.24, 2.45) is 0 Å². The number of amides is 2. The number of carbonyl (C=O) groups is 2. The first-order valence-electron chi connectivity index (χ1n) is 9.42. The monoisotopic (exact) mass is 450 g/mol. The van der Waals surface area contributed by atoms with Gasteiger partial charge in [0.05, 0.1) is 11.3 Å². The first-order valence-corrected chi connectivity index (χ1v) is 10.8. The predicted octanol–water partition coefficient (Wildman–Crippen LogP) is 5.35. The number of carbonyl (C=O) groups excluding carboxylic acids is 2. The van der Waals surface area contributed by atoms with Gasteiger partial charge in [-0.2, -0.15) is 5.26 Å². The van der Waals surface area contributed by atoms with Crippen molar-refractivity contribution < 1.29 is 9.59 Å². The Balaban J connectivity index is 1.58. The largest absolute Gasteiger partial charge is 0.326 e. The molecule has 0 aliphatic rings. The minimum atomic E-state index is -0.153. The van der Waals surface area contributed by atoms with Crippen LogP contribution in [0.4, 0.5) is 11.4 Å². The second kappa shape index (κ2) is 10.6. The Bertz CT molecular complexity index is 1130. The van der Waals surface area contributed by atoms with Crippen LogP contribution < -0.4 is 10.6 Å². The fourth-order valence-electron chi connectivity index (χ4n) is 2.72.